The molecule has 0 saturated carbocycles. The maximum atomic E-state index is 2.41. The molecule has 0 unspecified atom stereocenters. The maximum Gasteiger partial charge on any atom is 0.263 e. The Morgan fingerprint density at radius 2 is 1.44 bits per heavy atom. The Hall–Kier alpha value is -2.35. The summed E-state index contributed by atoms with van der Waals surface area (Å²) in [5.74, 6) is 1.20. The summed E-state index contributed by atoms with van der Waals surface area (Å²) >= 11 is 0. The highest BCUT2D eigenvalue weighted by molar-refractivity contribution is 5.48. The standard InChI is InChI=1S/C25H33N2/c1-18-22(25(6,7)8)16-20(24(3,4)5)17-23(18)27-15-14-26(19(27)2)21-12-10-9-11-13-21/h9-17H,1-8H3/q+1. The van der Waals surface area contributed by atoms with Crippen LogP contribution >= 0.6 is 0 Å². The molecule has 2 aromatic carbocycles. The first-order valence-electron chi connectivity index (χ1n) is 9.81. The minimum atomic E-state index is 0.108. The predicted molar refractivity (Wildman–Crippen MR) is 114 cm³/mol. The van der Waals surface area contributed by atoms with Gasteiger partial charge in [0.05, 0.1) is 0 Å². The molecular weight excluding hydrogens is 328 g/mol. The Morgan fingerprint density at radius 1 is 0.815 bits per heavy atom. The van der Waals surface area contributed by atoms with Gasteiger partial charge in [-0.05, 0) is 52.6 Å². The number of nitrogens with zero attached hydrogens (tertiary/aromatic N) is 2. The summed E-state index contributed by atoms with van der Waals surface area (Å²) in [7, 11) is 0. The first kappa shape index (κ1) is 19.4. The van der Waals surface area contributed by atoms with Crippen molar-refractivity contribution in [1.29, 1.82) is 0 Å². The second-order valence-corrected chi connectivity index (χ2v) is 9.59. The molecule has 0 aliphatic rings. The van der Waals surface area contributed by atoms with Crippen LogP contribution in [-0.2, 0) is 10.8 Å². The molecule has 0 aliphatic carbocycles. The number of para-hydroxylation sites is 1. The highest BCUT2D eigenvalue weighted by atomic mass is 15.2. The normalized spacial score (nSPS) is 12.4. The van der Waals surface area contributed by atoms with Crippen molar-refractivity contribution in [3.8, 4) is 11.4 Å². The molecule has 3 aromatic rings. The van der Waals surface area contributed by atoms with E-state index in [1.807, 2.05) is 0 Å². The average molecular weight is 362 g/mol. The van der Waals surface area contributed by atoms with E-state index in [0.29, 0.717) is 0 Å². The topological polar surface area (TPSA) is 8.81 Å². The van der Waals surface area contributed by atoms with Crippen molar-refractivity contribution in [1.82, 2.24) is 4.57 Å². The van der Waals surface area contributed by atoms with Crippen molar-refractivity contribution in [3.63, 3.8) is 0 Å². The van der Waals surface area contributed by atoms with E-state index in [0.717, 1.165) is 0 Å². The van der Waals surface area contributed by atoms with E-state index in [4.69, 9.17) is 0 Å². The molecule has 3 rings (SSSR count). The van der Waals surface area contributed by atoms with Crippen LogP contribution in [0.1, 0.15) is 64.1 Å². The molecule has 0 fully saturated rings. The van der Waals surface area contributed by atoms with Gasteiger partial charge in [0.25, 0.3) is 5.82 Å². The van der Waals surface area contributed by atoms with E-state index < -0.39 is 0 Å². The Morgan fingerprint density at radius 3 is 2.00 bits per heavy atom. The van der Waals surface area contributed by atoms with Crippen molar-refractivity contribution < 1.29 is 4.57 Å². The van der Waals surface area contributed by atoms with Gasteiger partial charge in [-0.2, -0.15) is 9.13 Å². The van der Waals surface area contributed by atoms with Gasteiger partial charge in [-0.15, -0.1) is 0 Å². The van der Waals surface area contributed by atoms with Gasteiger partial charge in [-0.25, -0.2) is 0 Å². The maximum absolute atomic E-state index is 2.41. The van der Waals surface area contributed by atoms with Crippen LogP contribution < -0.4 is 4.57 Å². The fourth-order valence-corrected chi connectivity index (χ4v) is 3.74. The van der Waals surface area contributed by atoms with E-state index in [-0.39, 0.29) is 10.8 Å². The monoisotopic (exact) mass is 361 g/mol. The zero-order valence-electron chi connectivity index (χ0n) is 18.1. The van der Waals surface area contributed by atoms with Gasteiger partial charge >= 0.3 is 0 Å². The fraction of sp³-hybridized carbons (Fsp3) is 0.400. The molecule has 0 radical (unpaired) electrons. The molecule has 0 N–H and O–H groups in total. The first-order valence-corrected chi connectivity index (χ1v) is 9.81. The predicted octanol–water partition coefficient (Wildman–Crippen LogP) is 5.97. The van der Waals surface area contributed by atoms with Crippen LogP contribution in [0, 0.1) is 13.8 Å². The van der Waals surface area contributed by atoms with Gasteiger partial charge in [0.1, 0.15) is 23.8 Å². The van der Waals surface area contributed by atoms with Crippen LogP contribution in [0.2, 0.25) is 0 Å². The molecule has 1 aromatic heterocycles. The second-order valence-electron chi connectivity index (χ2n) is 9.59. The minimum absolute atomic E-state index is 0.108. The molecule has 2 nitrogen and oxygen atoms in total. The van der Waals surface area contributed by atoms with Crippen molar-refractivity contribution in [2.45, 2.75) is 66.2 Å². The Labute approximate surface area is 164 Å². The number of hydrogen-bond acceptors (Lipinski definition) is 0. The lowest BCUT2D eigenvalue weighted by Gasteiger charge is -2.27. The van der Waals surface area contributed by atoms with Gasteiger partial charge in [0.2, 0.25) is 0 Å². The smallest absolute Gasteiger partial charge is 0.200 e. The number of aromatic nitrogens is 2. The third-order valence-electron chi connectivity index (χ3n) is 5.41. The molecule has 0 saturated heterocycles. The number of hydrogen-bond donors (Lipinski definition) is 0. The molecule has 1 heterocycles. The molecule has 0 bridgehead atoms. The lowest BCUT2D eigenvalue weighted by molar-refractivity contribution is -0.602. The number of rotatable bonds is 2. The van der Waals surface area contributed by atoms with E-state index in [1.165, 1.54) is 33.9 Å². The van der Waals surface area contributed by atoms with Crippen molar-refractivity contribution >= 4 is 0 Å². The van der Waals surface area contributed by atoms with E-state index in [1.54, 1.807) is 0 Å². The van der Waals surface area contributed by atoms with Crippen LogP contribution in [0.15, 0.2) is 54.9 Å². The molecule has 2 heteroatoms. The van der Waals surface area contributed by atoms with E-state index >= 15 is 0 Å². The third kappa shape index (κ3) is 3.71. The summed E-state index contributed by atoms with van der Waals surface area (Å²) in [6.45, 7) is 18.2. The van der Waals surface area contributed by atoms with Gasteiger partial charge in [-0.1, -0.05) is 65.8 Å². The quantitative estimate of drug-likeness (QED) is 0.498. The minimum Gasteiger partial charge on any atom is -0.200 e. The summed E-state index contributed by atoms with van der Waals surface area (Å²) in [6.07, 6.45) is 4.34. The number of imidazole rings is 1. The summed E-state index contributed by atoms with van der Waals surface area (Å²) in [4.78, 5) is 0. The molecule has 0 spiro atoms. The number of benzene rings is 2. The van der Waals surface area contributed by atoms with Crippen LogP contribution in [0.25, 0.3) is 11.4 Å². The Kier molecular flexibility index (Phi) is 4.80. The second kappa shape index (κ2) is 6.67. The van der Waals surface area contributed by atoms with E-state index in [9.17, 15) is 0 Å². The highest BCUT2D eigenvalue weighted by Gasteiger charge is 2.27. The molecule has 0 aliphatic heterocycles. The van der Waals surface area contributed by atoms with Gasteiger partial charge in [-0.3, -0.25) is 0 Å². The molecule has 0 amide bonds. The first-order chi connectivity index (χ1) is 12.5. The summed E-state index contributed by atoms with van der Waals surface area (Å²) in [5.41, 5.74) is 6.84. The van der Waals surface area contributed by atoms with Crippen molar-refractivity contribution in [2.75, 3.05) is 0 Å². The third-order valence-corrected chi connectivity index (χ3v) is 5.41. The highest BCUT2D eigenvalue weighted by Crippen LogP contribution is 2.33. The van der Waals surface area contributed by atoms with Crippen LogP contribution in [0.4, 0.5) is 0 Å². The summed E-state index contributed by atoms with van der Waals surface area (Å²) in [6, 6.07) is 15.3. The van der Waals surface area contributed by atoms with Crippen LogP contribution in [-0.4, -0.2) is 4.57 Å². The molecular formula is C25H33N2+. The van der Waals surface area contributed by atoms with Crippen LogP contribution in [0.5, 0.6) is 0 Å². The zero-order chi connectivity index (χ0) is 20.0. The lowest BCUT2D eigenvalue weighted by atomic mass is 9.78. The largest absolute Gasteiger partial charge is 0.263 e. The van der Waals surface area contributed by atoms with E-state index in [2.05, 4.69) is 119 Å². The molecule has 142 valence electrons. The summed E-state index contributed by atoms with van der Waals surface area (Å²) < 4.78 is 4.58. The average Bonchev–Trinajstić information content (AvgIpc) is 2.95. The molecule has 0 atom stereocenters. The SMILES string of the molecule is Cc1c(-[n+]2ccn(-c3ccccc3)c2C)cc(C(C)(C)C)cc1C(C)(C)C. The van der Waals surface area contributed by atoms with Gasteiger partial charge in [0.15, 0.2) is 0 Å². The fourth-order valence-electron chi connectivity index (χ4n) is 3.74. The Balaban J connectivity index is 2.25. The summed E-state index contributed by atoms with van der Waals surface area (Å²) in [5, 5.41) is 0. The van der Waals surface area contributed by atoms with Crippen molar-refractivity contribution in [3.05, 3.63) is 77.4 Å². The lowest BCUT2D eigenvalue weighted by Crippen LogP contribution is -2.35. The van der Waals surface area contributed by atoms with Gasteiger partial charge in [0, 0.05) is 6.92 Å². The van der Waals surface area contributed by atoms with Gasteiger partial charge < -0.3 is 0 Å². The van der Waals surface area contributed by atoms with Crippen LogP contribution in [0.3, 0.4) is 0 Å². The Bertz CT molecular complexity index is 948. The zero-order valence-corrected chi connectivity index (χ0v) is 18.1. The van der Waals surface area contributed by atoms with Crippen molar-refractivity contribution in [2.24, 2.45) is 0 Å². The molecule has 27 heavy (non-hydrogen) atoms.